The Labute approximate surface area is 121 Å². The van der Waals surface area contributed by atoms with Gasteiger partial charge in [-0.05, 0) is 30.6 Å². The largest absolute Gasteiger partial charge is 0.480 e. The number of carboxylic acids is 1. The van der Waals surface area contributed by atoms with Crippen LogP contribution >= 0.6 is 0 Å². The summed E-state index contributed by atoms with van der Waals surface area (Å²) in [7, 11) is 0. The molecule has 1 fully saturated rings. The number of nitrogens with zero attached hydrogens (tertiary/aromatic N) is 1. The molecule has 1 aliphatic rings. The number of amides is 2. The highest BCUT2D eigenvalue weighted by Crippen LogP contribution is 2.40. The van der Waals surface area contributed by atoms with Crippen molar-refractivity contribution in [3.63, 3.8) is 0 Å². The van der Waals surface area contributed by atoms with E-state index in [0.717, 1.165) is 19.3 Å². The monoisotopic (exact) mass is 284 g/mol. The average Bonchev–Trinajstić information content (AvgIpc) is 2.83. The molecule has 1 saturated carbocycles. The second-order valence-electron chi connectivity index (χ2n) is 6.39. The maximum atomic E-state index is 12.2. The van der Waals surface area contributed by atoms with Gasteiger partial charge in [0.2, 0.25) is 0 Å². The van der Waals surface area contributed by atoms with Crippen molar-refractivity contribution in [2.45, 2.75) is 52.9 Å². The lowest BCUT2D eigenvalue weighted by Crippen LogP contribution is -2.47. The molecule has 0 unspecified atom stereocenters. The van der Waals surface area contributed by atoms with Crippen molar-refractivity contribution < 1.29 is 14.7 Å². The molecule has 5 nitrogen and oxygen atoms in total. The third-order valence-corrected chi connectivity index (χ3v) is 4.23. The van der Waals surface area contributed by atoms with E-state index in [1.165, 1.54) is 17.7 Å². The zero-order valence-corrected chi connectivity index (χ0v) is 12.9. The number of nitrogens with one attached hydrogen (secondary N) is 1. The second-order valence-corrected chi connectivity index (χ2v) is 6.39. The molecule has 0 bridgehead atoms. The summed E-state index contributed by atoms with van der Waals surface area (Å²) in [4.78, 5) is 24.4. The Morgan fingerprint density at radius 2 is 1.90 bits per heavy atom. The molecule has 0 radical (unpaired) electrons. The summed E-state index contributed by atoms with van der Waals surface area (Å²) in [6.45, 7) is 7.02. The summed E-state index contributed by atoms with van der Waals surface area (Å²) in [5.41, 5.74) is 0.225. The van der Waals surface area contributed by atoms with E-state index < -0.39 is 5.97 Å². The van der Waals surface area contributed by atoms with Gasteiger partial charge in [0.05, 0.1) is 0 Å². The van der Waals surface area contributed by atoms with Gasteiger partial charge in [-0.15, -0.1) is 0 Å². The van der Waals surface area contributed by atoms with Crippen molar-refractivity contribution in [3.8, 4) is 0 Å². The van der Waals surface area contributed by atoms with Crippen molar-refractivity contribution in [2.75, 3.05) is 19.6 Å². The minimum absolute atomic E-state index is 0.225. The molecule has 116 valence electrons. The summed E-state index contributed by atoms with van der Waals surface area (Å²) in [5, 5.41) is 11.9. The minimum atomic E-state index is -0.966. The lowest BCUT2D eigenvalue weighted by Gasteiger charge is -2.30. The van der Waals surface area contributed by atoms with Crippen LogP contribution in [0.15, 0.2) is 0 Å². The van der Waals surface area contributed by atoms with E-state index in [9.17, 15) is 9.59 Å². The molecule has 2 N–H and O–H groups in total. The molecule has 0 saturated heterocycles. The van der Waals surface area contributed by atoms with Gasteiger partial charge < -0.3 is 15.3 Å². The Kier molecular flexibility index (Phi) is 6.30. The van der Waals surface area contributed by atoms with Crippen molar-refractivity contribution in [1.29, 1.82) is 0 Å². The Morgan fingerprint density at radius 1 is 1.30 bits per heavy atom. The zero-order chi connectivity index (χ0) is 15.2. The number of rotatable bonds is 7. The highest BCUT2D eigenvalue weighted by Gasteiger charge is 2.32. The molecule has 0 aromatic rings. The number of carbonyl (C=O) groups is 2. The Bertz CT molecular complexity index is 336. The second kappa shape index (κ2) is 7.50. The van der Waals surface area contributed by atoms with Crippen LogP contribution in [0.25, 0.3) is 0 Å². The third-order valence-electron chi connectivity index (χ3n) is 4.23. The predicted molar refractivity (Wildman–Crippen MR) is 78.6 cm³/mol. The number of hydrogen-bond donors (Lipinski definition) is 2. The van der Waals surface area contributed by atoms with Gasteiger partial charge in [-0.3, -0.25) is 4.79 Å². The van der Waals surface area contributed by atoms with E-state index in [1.54, 1.807) is 0 Å². The van der Waals surface area contributed by atoms with Gasteiger partial charge >= 0.3 is 12.0 Å². The number of urea groups is 1. The topological polar surface area (TPSA) is 69.6 Å². The van der Waals surface area contributed by atoms with Crippen LogP contribution in [0, 0.1) is 11.3 Å². The van der Waals surface area contributed by atoms with Crippen LogP contribution < -0.4 is 5.32 Å². The standard InChI is InChI=1S/C15H28N2O3/c1-4-15(7-5-6-8-15)11-16-14(20)17(9-12(2)3)10-13(18)19/h12H,4-11H2,1-3H3,(H,16,20)(H,18,19). The fourth-order valence-corrected chi connectivity index (χ4v) is 2.98. The van der Waals surface area contributed by atoms with Crippen LogP contribution in [0.2, 0.25) is 0 Å². The first-order valence-corrected chi connectivity index (χ1v) is 7.63. The Morgan fingerprint density at radius 3 is 2.35 bits per heavy atom. The van der Waals surface area contributed by atoms with Gasteiger partial charge in [-0.1, -0.05) is 33.6 Å². The van der Waals surface area contributed by atoms with E-state index in [-0.39, 0.29) is 23.9 Å². The summed E-state index contributed by atoms with van der Waals surface area (Å²) in [6.07, 6.45) is 5.85. The molecule has 5 heteroatoms. The number of aliphatic carboxylic acids is 1. The van der Waals surface area contributed by atoms with Crippen LogP contribution in [-0.4, -0.2) is 41.6 Å². The first-order valence-electron chi connectivity index (χ1n) is 7.63. The maximum Gasteiger partial charge on any atom is 0.323 e. The SMILES string of the molecule is CCC1(CNC(=O)N(CC(=O)O)CC(C)C)CCCC1. The molecule has 0 aliphatic heterocycles. The lowest BCUT2D eigenvalue weighted by atomic mass is 9.83. The van der Waals surface area contributed by atoms with Crippen molar-refractivity contribution in [3.05, 3.63) is 0 Å². The maximum absolute atomic E-state index is 12.2. The number of carboxylic acid groups (broad SMARTS) is 1. The van der Waals surface area contributed by atoms with Gasteiger partial charge in [-0.2, -0.15) is 0 Å². The molecule has 2 amide bonds. The first-order chi connectivity index (χ1) is 9.38. The highest BCUT2D eigenvalue weighted by atomic mass is 16.4. The lowest BCUT2D eigenvalue weighted by molar-refractivity contribution is -0.137. The van der Waals surface area contributed by atoms with Gasteiger partial charge in [-0.25, -0.2) is 4.79 Å². The number of hydrogen-bond acceptors (Lipinski definition) is 2. The fourth-order valence-electron chi connectivity index (χ4n) is 2.98. The van der Waals surface area contributed by atoms with E-state index in [2.05, 4.69) is 12.2 Å². The van der Waals surface area contributed by atoms with Gasteiger partial charge in [0.25, 0.3) is 0 Å². The first kappa shape index (κ1) is 16.8. The summed E-state index contributed by atoms with van der Waals surface area (Å²) in [6, 6.07) is -0.249. The average molecular weight is 284 g/mol. The van der Waals surface area contributed by atoms with Crippen LogP contribution in [0.5, 0.6) is 0 Å². The normalized spacial score (nSPS) is 17.2. The highest BCUT2D eigenvalue weighted by molar-refractivity contribution is 5.80. The molecule has 0 aromatic heterocycles. The fraction of sp³-hybridized carbons (Fsp3) is 0.867. The predicted octanol–water partition coefficient (Wildman–Crippen LogP) is 2.71. The molecule has 1 rings (SSSR count). The molecule has 0 aromatic carbocycles. The van der Waals surface area contributed by atoms with Crippen molar-refractivity contribution in [2.24, 2.45) is 11.3 Å². The van der Waals surface area contributed by atoms with E-state index >= 15 is 0 Å². The van der Waals surface area contributed by atoms with E-state index in [1.807, 2.05) is 13.8 Å². The molecule has 0 atom stereocenters. The van der Waals surface area contributed by atoms with E-state index in [0.29, 0.717) is 13.1 Å². The van der Waals surface area contributed by atoms with Crippen molar-refractivity contribution >= 4 is 12.0 Å². The van der Waals surface area contributed by atoms with Crippen LogP contribution in [0.1, 0.15) is 52.9 Å². The van der Waals surface area contributed by atoms with E-state index in [4.69, 9.17) is 5.11 Å². The summed E-state index contributed by atoms with van der Waals surface area (Å²) >= 11 is 0. The smallest absolute Gasteiger partial charge is 0.323 e. The molecule has 1 aliphatic carbocycles. The zero-order valence-electron chi connectivity index (χ0n) is 12.9. The van der Waals surface area contributed by atoms with Crippen LogP contribution in [0.4, 0.5) is 4.79 Å². The molecule has 20 heavy (non-hydrogen) atoms. The van der Waals surface area contributed by atoms with Gasteiger partial charge in [0, 0.05) is 13.1 Å². The molecule has 0 heterocycles. The molecule has 0 spiro atoms. The Balaban J connectivity index is 2.54. The Hall–Kier alpha value is -1.26. The summed E-state index contributed by atoms with van der Waals surface area (Å²) in [5.74, 6) is -0.710. The molecular weight excluding hydrogens is 256 g/mol. The van der Waals surface area contributed by atoms with Gasteiger partial charge in [0.15, 0.2) is 0 Å². The number of carbonyl (C=O) groups excluding carboxylic acids is 1. The third kappa shape index (κ3) is 5.02. The van der Waals surface area contributed by atoms with Crippen LogP contribution in [-0.2, 0) is 4.79 Å². The van der Waals surface area contributed by atoms with Gasteiger partial charge in [0.1, 0.15) is 6.54 Å². The summed E-state index contributed by atoms with van der Waals surface area (Å²) < 4.78 is 0. The minimum Gasteiger partial charge on any atom is -0.480 e. The quantitative estimate of drug-likeness (QED) is 0.755. The van der Waals surface area contributed by atoms with Crippen molar-refractivity contribution in [1.82, 2.24) is 10.2 Å². The molecular formula is C15H28N2O3. The van der Waals surface area contributed by atoms with Crippen LogP contribution in [0.3, 0.4) is 0 Å².